The normalized spacial score (nSPS) is 10.5. The minimum atomic E-state index is -0.690. The van der Waals surface area contributed by atoms with Crippen LogP contribution in [0.1, 0.15) is 22.8 Å². The highest BCUT2D eigenvalue weighted by Gasteiger charge is 2.13. The van der Waals surface area contributed by atoms with Gasteiger partial charge in [0.1, 0.15) is 5.00 Å². The minimum absolute atomic E-state index is 0.203. The second-order valence-electron chi connectivity index (χ2n) is 5.36. The number of esters is 1. The number of methoxy groups -OCH3 is 1. The van der Waals surface area contributed by atoms with Crippen LogP contribution in [0.2, 0.25) is 0 Å². The van der Waals surface area contributed by atoms with Gasteiger partial charge in [0.2, 0.25) is 0 Å². The fourth-order valence-corrected chi connectivity index (χ4v) is 2.98. The Balaban J connectivity index is 1.88. The molecule has 0 aliphatic carbocycles. The van der Waals surface area contributed by atoms with E-state index in [0.717, 1.165) is 11.3 Å². The van der Waals surface area contributed by atoms with Crippen LogP contribution >= 0.6 is 11.3 Å². The van der Waals surface area contributed by atoms with Crippen molar-refractivity contribution in [1.29, 1.82) is 0 Å². The molecule has 2 rings (SSSR count). The highest BCUT2D eigenvalue weighted by Crippen LogP contribution is 2.28. The van der Waals surface area contributed by atoms with Gasteiger partial charge in [0.15, 0.2) is 18.1 Å². The van der Waals surface area contributed by atoms with Crippen LogP contribution in [0.15, 0.2) is 35.7 Å². The van der Waals surface area contributed by atoms with Crippen molar-refractivity contribution in [3.8, 4) is 11.5 Å². The fourth-order valence-electron chi connectivity index (χ4n) is 2.17. The van der Waals surface area contributed by atoms with E-state index < -0.39 is 24.4 Å². The highest BCUT2D eigenvalue weighted by atomic mass is 32.1. The molecule has 0 aliphatic rings. The Bertz CT molecular complexity index is 890. The number of ether oxygens (including phenoxy) is 3. The molecule has 0 aliphatic heterocycles. The standard InChI is InChI=1S/C19H20N2O6S/c1-3-26-14-6-4-12(10-15(14)25-2)5-7-17(23)27-11-16(22)21-19-13(18(20)24)8-9-28-19/h4-10H,3,11H2,1-2H3,(H2,20,24)(H,21,22)/b7-5+. The molecular weight excluding hydrogens is 384 g/mol. The molecular formula is C19H20N2O6S. The summed E-state index contributed by atoms with van der Waals surface area (Å²) in [6, 6.07) is 6.70. The molecule has 0 spiro atoms. The summed E-state index contributed by atoms with van der Waals surface area (Å²) in [5.74, 6) is -0.774. The van der Waals surface area contributed by atoms with Crippen molar-refractivity contribution in [2.75, 3.05) is 25.6 Å². The third kappa shape index (κ3) is 5.85. The maximum atomic E-state index is 11.9. The molecule has 8 nitrogen and oxygen atoms in total. The number of nitrogens with one attached hydrogen (secondary N) is 1. The first kappa shape index (κ1) is 21.0. The lowest BCUT2D eigenvalue weighted by Gasteiger charge is -2.09. The zero-order valence-corrected chi connectivity index (χ0v) is 16.2. The third-order valence-electron chi connectivity index (χ3n) is 3.43. The number of carbonyl (C=O) groups is 3. The van der Waals surface area contributed by atoms with Gasteiger partial charge in [-0.15, -0.1) is 11.3 Å². The summed E-state index contributed by atoms with van der Waals surface area (Å²) in [6.07, 6.45) is 2.73. The van der Waals surface area contributed by atoms with Crippen molar-refractivity contribution in [2.24, 2.45) is 5.73 Å². The molecule has 28 heavy (non-hydrogen) atoms. The highest BCUT2D eigenvalue weighted by molar-refractivity contribution is 7.14. The van der Waals surface area contributed by atoms with Gasteiger partial charge in [-0.25, -0.2) is 4.79 Å². The van der Waals surface area contributed by atoms with Crippen LogP contribution in [0.5, 0.6) is 11.5 Å². The largest absolute Gasteiger partial charge is 0.493 e. The monoisotopic (exact) mass is 404 g/mol. The lowest BCUT2D eigenvalue weighted by Crippen LogP contribution is -2.21. The Kier molecular flexibility index (Phi) is 7.58. The lowest BCUT2D eigenvalue weighted by molar-refractivity contribution is -0.142. The minimum Gasteiger partial charge on any atom is -0.493 e. The van der Waals surface area contributed by atoms with Gasteiger partial charge in [0.25, 0.3) is 11.8 Å². The number of carbonyl (C=O) groups excluding carboxylic acids is 3. The van der Waals surface area contributed by atoms with Crippen molar-refractivity contribution in [2.45, 2.75) is 6.92 Å². The van der Waals surface area contributed by atoms with Gasteiger partial charge >= 0.3 is 5.97 Å². The first-order valence-corrected chi connectivity index (χ1v) is 9.15. The quantitative estimate of drug-likeness (QED) is 0.490. The van der Waals surface area contributed by atoms with E-state index in [0.29, 0.717) is 28.7 Å². The van der Waals surface area contributed by atoms with Crippen LogP contribution < -0.4 is 20.5 Å². The summed E-state index contributed by atoms with van der Waals surface area (Å²) in [7, 11) is 1.52. The molecule has 148 valence electrons. The Morgan fingerprint density at radius 1 is 1.21 bits per heavy atom. The average Bonchev–Trinajstić information content (AvgIpc) is 3.14. The summed E-state index contributed by atoms with van der Waals surface area (Å²) >= 11 is 1.15. The first-order valence-electron chi connectivity index (χ1n) is 8.27. The maximum Gasteiger partial charge on any atom is 0.331 e. The molecule has 0 saturated carbocycles. The Labute approximate surface area is 165 Å². The van der Waals surface area contributed by atoms with Crippen LogP contribution in [0.4, 0.5) is 5.00 Å². The molecule has 1 heterocycles. The summed E-state index contributed by atoms with van der Waals surface area (Å²) in [6.45, 7) is 1.88. The number of anilines is 1. The first-order chi connectivity index (χ1) is 13.4. The smallest absolute Gasteiger partial charge is 0.331 e. The van der Waals surface area contributed by atoms with Crippen LogP contribution in [0, 0.1) is 0 Å². The molecule has 9 heteroatoms. The number of rotatable bonds is 9. The molecule has 1 aromatic carbocycles. The molecule has 2 aromatic rings. The molecule has 0 atom stereocenters. The van der Waals surface area contributed by atoms with Crippen molar-refractivity contribution in [1.82, 2.24) is 0 Å². The molecule has 0 bridgehead atoms. The van der Waals surface area contributed by atoms with E-state index in [1.165, 1.54) is 25.3 Å². The van der Waals surface area contributed by atoms with Crippen LogP contribution in [0.3, 0.4) is 0 Å². The van der Waals surface area contributed by atoms with Gasteiger partial charge in [0.05, 0.1) is 19.3 Å². The fraction of sp³-hybridized carbons (Fsp3) is 0.211. The second kappa shape index (κ2) is 10.1. The summed E-state index contributed by atoms with van der Waals surface area (Å²) in [5.41, 5.74) is 6.11. The Morgan fingerprint density at radius 3 is 2.68 bits per heavy atom. The van der Waals surface area contributed by atoms with Gasteiger partial charge in [0, 0.05) is 6.08 Å². The second-order valence-corrected chi connectivity index (χ2v) is 6.28. The zero-order valence-electron chi connectivity index (χ0n) is 15.4. The van der Waals surface area contributed by atoms with E-state index in [1.54, 1.807) is 23.6 Å². The van der Waals surface area contributed by atoms with Crippen molar-refractivity contribution in [3.63, 3.8) is 0 Å². The predicted octanol–water partition coefficient (Wildman–Crippen LogP) is 2.45. The van der Waals surface area contributed by atoms with Crippen LogP contribution in [-0.2, 0) is 14.3 Å². The number of amides is 2. The van der Waals surface area contributed by atoms with Crippen LogP contribution in [-0.4, -0.2) is 38.1 Å². The Hall–Kier alpha value is -3.33. The van der Waals surface area contributed by atoms with Gasteiger partial charge < -0.3 is 25.3 Å². The van der Waals surface area contributed by atoms with E-state index in [-0.39, 0.29) is 5.56 Å². The lowest BCUT2D eigenvalue weighted by atomic mass is 10.2. The maximum absolute atomic E-state index is 11.9. The van der Waals surface area contributed by atoms with E-state index >= 15 is 0 Å². The SMILES string of the molecule is CCOc1ccc(/C=C/C(=O)OCC(=O)Nc2sccc2C(N)=O)cc1OC. The van der Waals surface area contributed by atoms with Gasteiger partial charge in [-0.2, -0.15) is 0 Å². The van der Waals surface area contributed by atoms with Gasteiger partial charge in [-0.05, 0) is 42.1 Å². The summed E-state index contributed by atoms with van der Waals surface area (Å²) in [5, 5.41) is 4.41. The van der Waals surface area contributed by atoms with E-state index in [9.17, 15) is 14.4 Å². The van der Waals surface area contributed by atoms with E-state index in [1.807, 2.05) is 6.92 Å². The van der Waals surface area contributed by atoms with Crippen molar-refractivity contribution in [3.05, 3.63) is 46.8 Å². The Morgan fingerprint density at radius 2 is 2.00 bits per heavy atom. The molecule has 2 amide bonds. The third-order valence-corrected chi connectivity index (χ3v) is 4.26. The zero-order chi connectivity index (χ0) is 20.5. The number of benzene rings is 1. The molecule has 0 fully saturated rings. The van der Waals surface area contributed by atoms with Crippen LogP contribution in [0.25, 0.3) is 6.08 Å². The summed E-state index contributed by atoms with van der Waals surface area (Å²) < 4.78 is 15.6. The molecule has 0 saturated heterocycles. The molecule has 1 aromatic heterocycles. The molecule has 0 radical (unpaired) electrons. The molecule has 0 unspecified atom stereocenters. The van der Waals surface area contributed by atoms with Crippen molar-refractivity contribution >= 4 is 40.2 Å². The van der Waals surface area contributed by atoms with E-state index in [4.69, 9.17) is 19.9 Å². The number of nitrogens with two attached hydrogens (primary N) is 1. The molecule has 3 N–H and O–H groups in total. The summed E-state index contributed by atoms with van der Waals surface area (Å²) in [4.78, 5) is 34.9. The van der Waals surface area contributed by atoms with Gasteiger partial charge in [-0.3, -0.25) is 9.59 Å². The number of hydrogen-bond acceptors (Lipinski definition) is 7. The van der Waals surface area contributed by atoms with E-state index in [2.05, 4.69) is 5.32 Å². The number of hydrogen-bond donors (Lipinski definition) is 2. The topological polar surface area (TPSA) is 117 Å². The predicted molar refractivity (Wildman–Crippen MR) is 106 cm³/mol. The number of thiophene rings is 1. The van der Waals surface area contributed by atoms with Gasteiger partial charge in [-0.1, -0.05) is 6.07 Å². The average molecular weight is 404 g/mol. The number of primary amides is 1. The van der Waals surface area contributed by atoms with Crippen molar-refractivity contribution < 1.29 is 28.6 Å².